The van der Waals surface area contributed by atoms with Gasteiger partial charge in [-0.25, -0.2) is 4.98 Å². The maximum atomic E-state index is 10.4. The summed E-state index contributed by atoms with van der Waals surface area (Å²) < 4.78 is 0. The largest absolute Gasteiger partial charge is 0.269 e. The molecule has 1 aromatic rings. The molecule has 0 bridgehead atoms. The van der Waals surface area contributed by atoms with Gasteiger partial charge in [-0.2, -0.15) is 0 Å². The normalized spacial score (nSPS) is 9.12. The minimum Gasteiger partial charge on any atom is -0.267 e. The summed E-state index contributed by atoms with van der Waals surface area (Å²) in [5.74, 6) is -0.162. The fourth-order valence-corrected chi connectivity index (χ4v) is 0.518. The molecule has 1 aromatic heterocycles. The standard InChI is InChI=1S/C6H6NO/c1-5-3-2-4-6(8)7-5/h2-4H,1H3. The highest BCUT2D eigenvalue weighted by atomic mass is 16.3. The summed E-state index contributed by atoms with van der Waals surface area (Å²) in [7, 11) is 0. The Morgan fingerprint density at radius 3 is 2.62 bits per heavy atom. The van der Waals surface area contributed by atoms with Crippen LogP contribution in [-0.4, -0.2) is 4.98 Å². The van der Waals surface area contributed by atoms with E-state index in [1.807, 2.05) is 0 Å². The lowest BCUT2D eigenvalue weighted by Crippen LogP contribution is -1.75. The van der Waals surface area contributed by atoms with Gasteiger partial charge in [0.15, 0.2) is 0 Å². The number of nitrogens with zero attached hydrogens (tertiary/aromatic N) is 1. The van der Waals surface area contributed by atoms with Crippen LogP contribution in [0.3, 0.4) is 0 Å². The zero-order valence-corrected chi connectivity index (χ0v) is 4.59. The first-order valence-corrected chi connectivity index (χ1v) is 2.40. The lowest BCUT2D eigenvalue weighted by atomic mass is 10.4. The first-order valence-electron chi connectivity index (χ1n) is 2.40. The third kappa shape index (κ3) is 0.964. The van der Waals surface area contributed by atoms with Gasteiger partial charge in [0, 0.05) is 11.8 Å². The second-order valence-electron chi connectivity index (χ2n) is 1.62. The summed E-state index contributed by atoms with van der Waals surface area (Å²) in [6, 6.07) is 4.93. The Hall–Kier alpha value is -1.05. The average Bonchev–Trinajstić information content (AvgIpc) is 1.64. The molecule has 41 valence electrons. The van der Waals surface area contributed by atoms with Crippen LogP contribution in [-0.2, 0) is 5.11 Å². The van der Waals surface area contributed by atoms with Gasteiger partial charge in [-0.3, -0.25) is 5.11 Å². The third-order valence-corrected chi connectivity index (χ3v) is 0.863. The highest BCUT2D eigenvalue weighted by molar-refractivity contribution is 5.12. The van der Waals surface area contributed by atoms with Crippen molar-refractivity contribution in [1.29, 1.82) is 0 Å². The molecule has 0 saturated carbocycles. The van der Waals surface area contributed by atoms with E-state index in [1.165, 1.54) is 6.07 Å². The van der Waals surface area contributed by atoms with Crippen LogP contribution in [0, 0.1) is 6.92 Å². The van der Waals surface area contributed by atoms with Gasteiger partial charge in [-0.1, -0.05) is 6.07 Å². The zero-order chi connectivity index (χ0) is 5.98. The van der Waals surface area contributed by atoms with Gasteiger partial charge in [-0.05, 0) is 13.0 Å². The minimum atomic E-state index is -0.162. The molecule has 0 aliphatic rings. The topological polar surface area (TPSA) is 32.8 Å². The quantitative estimate of drug-likeness (QED) is 0.496. The van der Waals surface area contributed by atoms with E-state index in [2.05, 4.69) is 4.98 Å². The van der Waals surface area contributed by atoms with E-state index in [4.69, 9.17) is 0 Å². The summed E-state index contributed by atoms with van der Waals surface area (Å²) in [4.78, 5) is 3.62. The molecule has 2 nitrogen and oxygen atoms in total. The summed E-state index contributed by atoms with van der Waals surface area (Å²) in [6.45, 7) is 1.79. The second-order valence-corrected chi connectivity index (χ2v) is 1.62. The first kappa shape index (κ1) is 5.09. The van der Waals surface area contributed by atoms with Crippen molar-refractivity contribution < 1.29 is 5.11 Å². The van der Waals surface area contributed by atoms with Crippen molar-refractivity contribution in [3.63, 3.8) is 0 Å². The molecule has 0 fully saturated rings. The van der Waals surface area contributed by atoms with E-state index >= 15 is 0 Å². The molecule has 0 saturated heterocycles. The Morgan fingerprint density at radius 2 is 2.25 bits per heavy atom. The van der Waals surface area contributed by atoms with Crippen LogP contribution in [0.1, 0.15) is 5.69 Å². The van der Waals surface area contributed by atoms with Crippen LogP contribution in [0.25, 0.3) is 0 Å². The Kier molecular flexibility index (Phi) is 1.16. The Balaban J connectivity index is 3.08. The maximum absolute atomic E-state index is 10.4. The SMILES string of the molecule is Cc1cccc([O])n1. The molecule has 0 spiro atoms. The molecule has 0 aliphatic carbocycles. The molecule has 1 rings (SSSR count). The molecule has 1 radical (unpaired) electrons. The molecular formula is C6H6NO. The number of hydrogen-bond acceptors (Lipinski definition) is 1. The van der Waals surface area contributed by atoms with Gasteiger partial charge in [0.25, 0.3) is 5.88 Å². The van der Waals surface area contributed by atoms with Crippen LogP contribution >= 0.6 is 0 Å². The van der Waals surface area contributed by atoms with E-state index in [0.717, 1.165) is 5.69 Å². The third-order valence-electron chi connectivity index (χ3n) is 0.863. The fraction of sp³-hybridized carbons (Fsp3) is 0.167. The van der Waals surface area contributed by atoms with Crippen molar-refractivity contribution in [3.8, 4) is 5.88 Å². The van der Waals surface area contributed by atoms with E-state index in [1.54, 1.807) is 19.1 Å². The Bertz CT molecular complexity index is 168. The van der Waals surface area contributed by atoms with Crippen molar-refractivity contribution in [2.45, 2.75) is 6.92 Å². The maximum Gasteiger partial charge on any atom is 0.269 e. The smallest absolute Gasteiger partial charge is 0.267 e. The summed E-state index contributed by atoms with van der Waals surface area (Å²) in [5, 5.41) is 10.4. The van der Waals surface area contributed by atoms with E-state index in [-0.39, 0.29) is 5.88 Å². The molecule has 0 aromatic carbocycles. The van der Waals surface area contributed by atoms with Gasteiger partial charge in [0.2, 0.25) is 0 Å². The van der Waals surface area contributed by atoms with Crippen molar-refractivity contribution in [2.24, 2.45) is 0 Å². The van der Waals surface area contributed by atoms with Crippen LogP contribution < -0.4 is 0 Å². The molecule has 0 amide bonds. The van der Waals surface area contributed by atoms with Gasteiger partial charge in [0.1, 0.15) is 0 Å². The molecule has 0 unspecified atom stereocenters. The monoisotopic (exact) mass is 108 g/mol. The highest BCUT2D eigenvalue weighted by Crippen LogP contribution is 2.02. The number of rotatable bonds is 0. The highest BCUT2D eigenvalue weighted by Gasteiger charge is 1.87. The molecule has 0 atom stereocenters. The van der Waals surface area contributed by atoms with Crippen LogP contribution in [0.15, 0.2) is 18.2 Å². The number of aromatic nitrogens is 1. The van der Waals surface area contributed by atoms with Crippen LogP contribution in [0.5, 0.6) is 5.88 Å². The Labute approximate surface area is 47.8 Å². The Morgan fingerprint density at radius 1 is 1.50 bits per heavy atom. The van der Waals surface area contributed by atoms with Crippen molar-refractivity contribution in [3.05, 3.63) is 23.9 Å². The van der Waals surface area contributed by atoms with E-state index in [0.29, 0.717) is 0 Å². The molecular weight excluding hydrogens is 102 g/mol. The van der Waals surface area contributed by atoms with Gasteiger partial charge < -0.3 is 0 Å². The molecule has 1 heterocycles. The zero-order valence-electron chi connectivity index (χ0n) is 4.59. The van der Waals surface area contributed by atoms with Crippen molar-refractivity contribution in [2.75, 3.05) is 0 Å². The first-order chi connectivity index (χ1) is 3.79. The van der Waals surface area contributed by atoms with Crippen molar-refractivity contribution in [1.82, 2.24) is 4.98 Å². The summed E-state index contributed by atoms with van der Waals surface area (Å²) >= 11 is 0. The summed E-state index contributed by atoms with van der Waals surface area (Å²) in [5.41, 5.74) is 0.775. The van der Waals surface area contributed by atoms with E-state index in [9.17, 15) is 5.11 Å². The van der Waals surface area contributed by atoms with Crippen molar-refractivity contribution >= 4 is 0 Å². The summed E-state index contributed by atoms with van der Waals surface area (Å²) in [6.07, 6.45) is 0. The number of pyridine rings is 1. The second kappa shape index (κ2) is 1.82. The molecule has 0 aliphatic heterocycles. The van der Waals surface area contributed by atoms with Crippen LogP contribution in [0.2, 0.25) is 0 Å². The predicted molar refractivity (Wildman–Crippen MR) is 29.1 cm³/mol. The van der Waals surface area contributed by atoms with E-state index < -0.39 is 0 Å². The van der Waals surface area contributed by atoms with Crippen LogP contribution in [0.4, 0.5) is 0 Å². The molecule has 0 N–H and O–H groups in total. The van der Waals surface area contributed by atoms with Gasteiger partial charge in [-0.15, -0.1) is 0 Å². The fourth-order valence-electron chi connectivity index (χ4n) is 0.518. The lowest BCUT2D eigenvalue weighted by molar-refractivity contribution is 0.336. The van der Waals surface area contributed by atoms with Gasteiger partial charge in [0.05, 0.1) is 0 Å². The number of aryl methyl sites for hydroxylation is 1. The molecule has 8 heavy (non-hydrogen) atoms. The van der Waals surface area contributed by atoms with Gasteiger partial charge >= 0.3 is 0 Å². The predicted octanol–water partition coefficient (Wildman–Crippen LogP) is 1.53. The molecule has 2 heteroatoms. The minimum absolute atomic E-state index is 0.162. The lowest BCUT2D eigenvalue weighted by Gasteiger charge is -1.86. The number of hydrogen-bond donors (Lipinski definition) is 0. The average molecular weight is 108 g/mol.